The second-order valence-electron chi connectivity index (χ2n) is 5.40. The number of rotatable bonds is 1. The van der Waals surface area contributed by atoms with Gasteiger partial charge in [0.15, 0.2) is 5.82 Å². The monoisotopic (exact) mass is 311 g/mol. The summed E-state index contributed by atoms with van der Waals surface area (Å²) in [5.41, 5.74) is 2.93. The Kier molecular flexibility index (Phi) is 3.08. The van der Waals surface area contributed by atoms with E-state index in [1.807, 2.05) is 30.3 Å². The van der Waals surface area contributed by atoms with Crippen molar-refractivity contribution in [2.45, 2.75) is 12.8 Å². The largest absolute Gasteiger partial charge is 0.383 e. The van der Waals surface area contributed by atoms with E-state index >= 15 is 0 Å². The van der Waals surface area contributed by atoms with Gasteiger partial charge >= 0.3 is 0 Å². The molecule has 0 aliphatic carbocycles. The van der Waals surface area contributed by atoms with Gasteiger partial charge in [0, 0.05) is 35.4 Å². The number of benzene rings is 1. The molecule has 0 bridgehead atoms. The van der Waals surface area contributed by atoms with E-state index in [0.717, 1.165) is 35.1 Å². The number of anilines is 1. The van der Waals surface area contributed by atoms with Crippen LogP contribution < -0.4 is 5.32 Å². The molecule has 0 amide bonds. The molecule has 0 radical (unpaired) electrons. The zero-order chi connectivity index (χ0) is 15.1. The maximum atomic E-state index is 6.20. The third kappa shape index (κ3) is 2.05. The van der Waals surface area contributed by atoms with Gasteiger partial charge in [0.2, 0.25) is 0 Å². The minimum atomic E-state index is 0.240. The van der Waals surface area contributed by atoms with E-state index in [1.54, 1.807) is 12.4 Å². The van der Waals surface area contributed by atoms with Gasteiger partial charge in [0.25, 0.3) is 0 Å². The van der Waals surface area contributed by atoms with E-state index in [4.69, 9.17) is 11.6 Å². The van der Waals surface area contributed by atoms with E-state index in [0.29, 0.717) is 5.02 Å². The predicted octanol–water partition coefficient (Wildman–Crippen LogP) is 3.51. The van der Waals surface area contributed by atoms with Crippen molar-refractivity contribution in [3.05, 3.63) is 53.6 Å². The van der Waals surface area contributed by atoms with Crippen LogP contribution in [0.1, 0.15) is 18.7 Å². The topological polar surface area (TPSA) is 55.6 Å². The Labute approximate surface area is 133 Å². The highest BCUT2D eigenvalue weighted by atomic mass is 35.5. The molecule has 6 heteroatoms. The Balaban J connectivity index is 2.01. The number of nitrogens with one attached hydrogen (secondary N) is 1. The molecular weight excluding hydrogens is 298 g/mol. The van der Waals surface area contributed by atoms with Gasteiger partial charge in [-0.05, 0) is 30.3 Å². The molecule has 0 saturated heterocycles. The van der Waals surface area contributed by atoms with E-state index in [1.165, 1.54) is 0 Å². The van der Waals surface area contributed by atoms with Crippen LogP contribution >= 0.6 is 11.6 Å². The summed E-state index contributed by atoms with van der Waals surface area (Å²) in [5.74, 6) is 1.94. The van der Waals surface area contributed by atoms with Crippen molar-refractivity contribution in [1.29, 1.82) is 0 Å². The fourth-order valence-electron chi connectivity index (χ4n) is 2.73. The van der Waals surface area contributed by atoms with Gasteiger partial charge < -0.3 is 5.32 Å². The molecule has 1 aliphatic rings. The van der Waals surface area contributed by atoms with E-state index in [9.17, 15) is 0 Å². The Hall–Kier alpha value is -2.40. The summed E-state index contributed by atoms with van der Waals surface area (Å²) >= 11 is 6.20. The third-order valence-corrected chi connectivity index (χ3v) is 4.08. The minimum Gasteiger partial charge on any atom is -0.383 e. The second-order valence-corrected chi connectivity index (χ2v) is 5.84. The summed E-state index contributed by atoms with van der Waals surface area (Å²) in [4.78, 5) is 4.18. The Morgan fingerprint density at radius 1 is 1.27 bits per heavy atom. The first kappa shape index (κ1) is 13.3. The van der Waals surface area contributed by atoms with E-state index in [2.05, 4.69) is 32.0 Å². The summed E-state index contributed by atoms with van der Waals surface area (Å²) in [6.07, 6.45) is 3.54. The quantitative estimate of drug-likeness (QED) is 0.747. The number of halogens is 1. The minimum absolute atomic E-state index is 0.240. The lowest BCUT2D eigenvalue weighted by Crippen LogP contribution is -2.09. The summed E-state index contributed by atoms with van der Waals surface area (Å²) in [6, 6.07) is 9.70. The highest BCUT2D eigenvalue weighted by Gasteiger charge is 2.25. The first-order valence-electron chi connectivity index (χ1n) is 7.13. The van der Waals surface area contributed by atoms with Crippen molar-refractivity contribution < 1.29 is 0 Å². The van der Waals surface area contributed by atoms with Gasteiger partial charge in [-0.15, -0.1) is 10.2 Å². The summed E-state index contributed by atoms with van der Waals surface area (Å²) in [5, 5.41) is 12.9. The molecule has 3 heterocycles. The van der Waals surface area contributed by atoms with Gasteiger partial charge in [0.1, 0.15) is 5.82 Å². The van der Waals surface area contributed by atoms with Crippen LogP contribution in [0, 0.1) is 0 Å². The lowest BCUT2D eigenvalue weighted by atomic mass is 10.1. The maximum absolute atomic E-state index is 6.20. The van der Waals surface area contributed by atoms with Crippen molar-refractivity contribution >= 4 is 17.3 Å². The molecule has 4 rings (SSSR count). The molecule has 110 valence electrons. The number of aromatic nitrogens is 4. The third-order valence-electron chi connectivity index (χ3n) is 3.85. The van der Waals surface area contributed by atoms with Gasteiger partial charge in [-0.2, -0.15) is 0 Å². The number of nitrogens with zero attached hydrogens (tertiary/aromatic N) is 4. The standard InChI is InChI=1S/C16H14ClN5/c1-10-8-19-13-5-4-12(17)7-14(13)22-15(10)20-21-16(22)11-3-2-6-18-9-11/h2-7,9-10,19H,8H2,1H3/t10-/m0/s1. The van der Waals surface area contributed by atoms with Crippen LogP contribution in [0.25, 0.3) is 17.1 Å². The van der Waals surface area contributed by atoms with Crippen LogP contribution in [-0.2, 0) is 0 Å². The molecule has 1 atom stereocenters. The normalized spacial score (nSPS) is 16.4. The average Bonchev–Trinajstić information content (AvgIpc) is 2.94. The van der Waals surface area contributed by atoms with Crippen LogP contribution in [0.5, 0.6) is 0 Å². The van der Waals surface area contributed by atoms with E-state index < -0.39 is 0 Å². The fourth-order valence-corrected chi connectivity index (χ4v) is 2.89. The van der Waals surface area contributed by atoms with Crippen molar-refractivity contribution in [2.24, 2.45) is 0 Å². The van der Waals surface area contributed by atoms with Crippen LogP contribution in [0.3, 0.4) is 0 Å². The van der Waals surface area contributed by atoms with Crippen LogP contribution in [0.15, 0.2) is 42.7 Å². The molecule has 0 spiro atoms. The maximum Gasteiger partial charge on any atom is 0.170 e. The smallest absolute Gasteiger partial charge is 0.170 e. The molecule has 0 fully saturated rings. The molecule has 3 aromatic rings. The molecule has 2 aromatic heterocycles. The molecule has 0 unspecified atom stereocenters. The summed E-state index contributed by atoms with van der Waals surface area (Å²) < 4.78 is 2.07. The summed E-state index contributed by atoms with van der Waals surface area (Å²) in [6.45, 7) is 2.94. The first-order chi connectivity index (χ1) is 10.7. The summed E-state index contributed by atoms with van der Waals surface area (Å²) in [7, 11) is 0. The van der Waals surface area contributed by atoms with Crippen LogP contribution in [0.4, 0.5) is 5.69 Å². The van der Waals surface area contributed by atoms with Crippen molar-refractivity contribution in [3.63, 3.8) is 0 Å². The molecule has 1 aromatic carbocycles. The number of pyridine rings is 1. The molecule has 1 aliphatic heterocycles. The van der Waals surface area contributed by atoms with Crippen molar-refractivity contribution in [1.82, 2.24) is 19.7 Å². The highest BCUT2D eigenvalue weighted by Crippen LogP contribution is 2.34. The van der Waals surface area contributed by atoms with E-state index in [-0.39, 0.29) is 5.92 Å². The first-order valence-corrected chi connectivity index (χ1v) is 7.51. The number of hydrogen-bond donors (Lipinski definition) is 1. The number of fused-ring (bicyclic) bond motifs is 3. The average molecular weight is 312 g/mol. The van der Waals surface area contributed by atoms with Crippen LogP contribution in [0.2, 0.25) is 5.02 Å². The zero-order valence-electron chi connectivity index (χ0n) is 12.0. The van der Waals surface area contributed by atoms with Crippen LogP contribution in [-0.4, -0.2) is 26.3 Å². The van der Waals surface area contributed by atoms with Gasteiger partial charge in [0.05, 0.1) is 11.4 Å². The molecule has 5 nitrogen and oxygen atoms in total. The molecule has 0 saturated carbocycles. The molecular formula is C16H14ClN5. The Morgan fingerprint density at radius 3 is 3.00 bits per heavy atom. The highest BCUT2D eigenvalue weighted by molar-refractivity contribution is 6.30. The zero-order valence-corrected chi connectivity index (χ0v) is 12.7. The Morgan fingerprint density at radius 2 is 2.18 bits per heavy atom. The van der Waals surface area contributed by atoms with Crippen molar-refractivity contribution in [3.8, 4) is 17.1 Å². The fraction of sp³-hybridized carbons (Fsp3) is 0.188. The van der Waals surface area contributed by atoms with Gasteiger partial charge in [-0.25, -0.2) is 0 Å². The van der Waals surface area contributed by atoms with Gasteiger partial charge in [-0.1, -0.05) is 18.5 Å². The van der Waals surface area contributed by atoms with Gasteiger partial charge in [-0.3, -0.25) is 9.55 Å². The predicted molar refractivity (Wildman–Crippen MR) is 86.5 cm³/mol. The molecule has 22 heavy (non-hydrogen) atoms. The Bertz CT molecular complexity index is 828. The lowest BCUT2D eigenvalue weighted by Gasteiger charge is -2.12. The van der Waals surface area contributed by atoms with Crippen molar-refractivity contribution in [2.75, 3.05) is 11.9 Å². The molecule has 1 N–H and O–H groups in total. The lowest BCUT2D eigenvalue weighted by molar-refractivity contribution is 0.725. The number of hydrogen-bond acceptors (Lipinski definition) is 4. The SMILES string of the molecule is C[C@H]1CNc2ccc(Cl)cc2-n2c(-c3cccnc3)nnc21. The second kappa shape index (κ2) is 5.10.